The summed E-state index contributed by atoms with van der Waals surface area (Å²) in [4.78, 5) is 28.1. The second-order valence-electron chi connectivity index (χ2n) is 10.4. The molecule has 13 heteroatoms. The Hall–Kier alpha value is -3.64. The number of nitrogens with zero attached hydrogens (tertiary/aromatic N) is 3. The molecule has 3 N–H and O–H groups in total. The van der Waals surface area contributed by atoms with Crippen LogP contribution in [0.3, 0.4) is 0 Å². The number of fused-ring (bicyclic) bond motifs is 1. The first-order chi connectivity index (χ1) is 19.1. The van der Waals surface area contributed by atoms with Gasteiger partial charge in [-0.1, -0.05) is 42.4 Å². The predicted molar refractivity (Wildman–Crippen MR) is 154 cm³/mol. The van der Waals surface area contributed by atoms with E-state index in [1.54, 1.807) is 44.3 Å². The van der Waals surface area contributed by atoms with Crippen molar-refractivity contribution in [1.29, 1.82) is 5.41 Å². The van der Waals surface area contributed by atoms with Gasteiger partial charge in [0.25, 0.3) is 5.91 Å². The number of nitrogens with two attached hydrogens (primary N) is 1. The van der Waals surface area contributed by atoms with Crippen molar-refractivity contribution in [2.45, 2.75) is 51.9 Å². The number of aliphatic imine (C=N–C) groups is 1. The normalized spacial score (nSPS) is 15.8. The molecule has 2 aromatic carbocycles. The molecule has 3 aromatic rings. The molecule has 1 aliphatic rings. The minimum absolute atomic E-state index is 0.000979. The highest BCUT2D eigenvalue weighted by atomic mass is 35.5. The van der Waals surface area contributed by atoms with Crippen molar-refractivity contribution < 1.29 is 27.5 Å². The summed E-state index contributed by atoms with van der Waals surface area (Å²) >= 11 is 6.89. The maximum Gasteiger partial charge on any atom is 0.416 e. The zero-order valence-electron chi connectivity index (χ0n) is 22.4. The first-order valence-corrected chi connectivity index (χ1v) is 13.7. The van der Waals surface area contributed by atoms with Gasteiger partial charge in [0, 0.05) is 10.4 Å². The molecule has 41 heavy (non-hydrogen) atoms. The SMILES string of the molecule is CC(CC(=N)C1=NC(=O)C(=Cc2ccc3c(cnn3Cc3ccc(Cl)cc3C(F)(F)F)c2)S1)CC(C)(C)OC(N)=O. The summed E-state index contributed by atoms with van der Waals surface area (Å²) in [6.07, 6.45) is -1.42. The average molecular weight is 606 g/mol. The third kappa shape index (κ3) is 7.56. The van der Waals surface area contributed by atoms with E-state index in [4.69, 9.17) is 27.5 Å². The largest absolute Gasteiger partial charge is 0.444 e. The number of carbonyl (C=O) groups excluding carboxylic acids is 2. The van der Waals surface area contributed by atoms with Gasteiger partial charge in [0.15, 0.2) is 0 Å². The zero-order valence-corrected chi connectivity index (χ0v) is 24.0. The van der Waals surface area contributed by atoms with Crippen LogP contribution in [0.1, 0.15) is 50.3 Å². The molecule has 216 valence electrons. The Bertz CT molecular complexity index is 1600. The van der Waals surface area contributed by atoms with Crippen LogP contribution >= 0.6 is 23.4 Å². The number of benzene rings is 2. The number of primary amides is 1. The summed E-state index contributed by atoms with van der Waals surface area (Å²) in [7, 11) is 0. The highest BCUT2D eigenvalue weighted by Crippen LogP contribution is 2.35. The lowest BCUT2D eigenvalue weighted by atomic mass is 9.91. The van der Waals surface area contributed by atoms with Gasteiger partial charge in [-0.2, -0.15) is 23.3 Å². The number of rotatable bonds is 9. The fraction of sp³-hybridized carbons (Fsp3) is 0.321. The Balaban J connectivity index is 1.45. The van der Waals surface area contributed by atoms with E-state index in [1.165, 1.54) is 16.8 Å². The van der Waals surface area contributed by atoms with Crippen molar-refractivity contribution in [3.8, 4) is 0 Å². The van der Waals surface area contributed by atoms with E-state index in [0.29, 0.717) is 39.3 Å². The molecule has 1 unspecified atom stereocenters. The number of amides is 2. The number of nitrogens with one attached hydrogen (secondary N) is 1. The number of aromatic nitrogens is 2. The van der Waals surface area contributed by atoms with Crippen LogP contribution in [0, 0.1) is 11.3 Å². The Labute approximate surface area is 243 Å². The molecule has 4 rings (SSSR count). The monoisotopic (exact) mass is 605 g/mol. The van der Waals surface area contributed by atoms with Gasteiger partial charge >= 0.3 is 12.3 Å². The van der Waals surface area contributed by atoms with Gasteiger partial charge < -0.3 is 15.9 Å². The molecule has 0 aliphatic carbocycles. The number of halogens is 4. The Morgan fingerprint density at radius 3 is 2.66 bits per heavy atom. The summed E-state index contributed by atoms with van der Waals surface area (Å²) in [5.74, 6) is -0.500. The van der Waals surface area contributed by atoms with Crippen LogP contribution in [-0.2, 0) is 22.3 Å². The van der Waals surface area contributed by atoms with Crippen molar-refractivity contribution in [2.75, 3.05) is 0 Å². The summed E-state index contributed by atoms with van der Waals surface area (Å²) in [5.41, 5.74) is 5.05. The van der Waals surface area contributed by atoms with Crippen molar-refractivity contribution >= 4 is 63.1 Å². The van der Waals surface area contributed by atoms with E-state index >= 15 is 0 Å². The van der Waals surface area contributed by atoms with Gasteiger partial charge in [-0.3, -0.25) is 9.48 Å². The molecule has 2 heterocycles. The lowest BCUT2D eigenvalue weighted by molar-refractivity contribution is -0.138. The summed E-state index contributed by atoms with van der Waals surface area (Å²) in [6.45, 7) is 5.28. The van der Waals surface area contributed by atoms with Crippen molar-refractivity contribution in [1.82, 2.24) is 9.78 Å². The number of alkyl halides is 3. The Morgan fingerprint density at radius 2 is 1.98 bits per heavy atom. The standard InChI is InChI=1S/C28H27ClF3N5O3S/c1-15(12-27(2,3)40-26(34)39)8-21(33)25-36-24(38)23(41-25)10-16-4-7-22-18(9-16)13-35-37(22)14-17-5-6-19(29)11-20(17)28(30,31)32/h4-7,9-11,13,15,33H,8,12,14H2,1-3H3,(H2,34,39). The third-order valence-corrected chi connectivity index (χ3v) is 7.59. The van der Waals surface area contributed by atoms with E-state index in [0.717, 1.165) is 17.8 Å². The summed E-state index contributed by atoms with van der Waals surface area (Å²) in [5, 5.41) is 13.7. The molecule has 1 aliphatic heterocycles. The van der Waals surface area contributed by atoms with E-state index in [1.807, 2.05) is 6.92 Å². The van der Waals surface area contributed by atoms with Crippen molar-refractivity contribution in [2.24, 2.45) is 16.6 Å². The second-order valence-corrected chi connectivity index (χ2v) is 11.9. The Kier molecular flexibility index (Phi) is 8.65. The molecule has 1 atom stereocenters. The van der Waals surface area contributed by atoms with Gasteiger partial charge in [0.2, 0.25) is 0 Å². The van der Waals surface area contributed by atoms with Crippen LogP contribution in [0.25, 0.3) is 17.0 Å². The van der Waals surface area contributed by atoms with Crippen molar-refractivity contribution in [3.05, 3.63) is 69.2 Å². The van der Waals surface area contributed by atoms with Crippen LogP contribution in [-0.4, -0.2) is 38.1 Å². The number of ether oxygens (including phenoxy) is 1. The van der Waals surface area contributed by atoms with Crippen LogP contribution < -0.4 is 5.73 Å². The maximum atomic E-state index is 13.5. The minimum atomic E-state index is -4.56. The van der Waals surface area contributed by atoms with Gasteiger partial charge in [-0.25, -0.2) is 4.79 Å². The molecule has 0 bridgehead atoms. The molecule has 8 nitrogen and oxygen atoms in total. The molecule has 0 saturated heterocycles. The zero-order chi connectivity index (χ0) is 30.1. The van der Waals surface area contributed by atoms with Crippen molar-refractivity contribution in [3.63, 3.8) is 0 Å². The quantitative estimate of drug-likeness (QED) is 0.199. The molecule has 0 radical (unpaired) electrons. The predicted octanol–water partition coefficient (Wildman–Crippen LogP) is 7.08. The maximum absolute atomic E-state index is 13.5. The third-order valence-electron chi connectivity index (χ3n) is 6.31. The molecular formula is C28H27ClF3N5O3S. The van der Waals surface area contributed by atoms with E-state index in [-0.39, 0.29) is 28.8 Å². The van der Waals surface area contributed by atoms with Gasteiger partial charge in [-0.05, 0) is 74.1 Å². The van der Waals surface area contributed by atoms with Gasteiger partial charge in [-0.15, -0.1) is 0 Å². The molecule has 0 fully saturated rings. The fourth-order valence-electron chi connectivity index (χ4n) is 4.78. The first kappa shape index (κ1) is 30.3. The summed E-state index contributed by atoms with van der Waals surface area (Å²) < 4.78 is 47.2. The van der Waals surface area contributed by atoms with E-state index in [9.17, 15) is 22.8 Å². The Morgan fingerprint density at radius 1 is 1.24 bits per heavy atom. The molecule has 1 aromatic heterocycles. The van der Waals surface area contributed by atoms with Crippen LogP contribution in [0.2, 0.25) is 5.02 Å². The van der Waals surface area contributed by atoms with E-state index < -0.39 is 29.3 Å². The average Bonchev–Trinajstić information content (AvgIpc) is 3.41. The van der Waals surface area contributed by atoms with Gasteiger partial charge in [0.1, 0.15) is 10.6 Å². The topological polar surface area (TPSA) is 123 Å². The molecular weight excluding hydrogens is 579 g/mol. The number of hydrogen-bond donors (Lipinski definition) is 2. The summed E-state index contributed by atoms with van der Waals surface area (Å²) in [6, 6.07) is 8.89. The van der Waals surface area contributed by atoms with Gasteiger partial charge in [0.05, 0.1) is 34.4 Å². The smallest absolute Gasteiger partial charge is 0.416 e. The van der Waals surface area contributed by atoms with Crippen LogP contribution in [0.4, 0.5) is 18.0 Å². The fourth-order valence-corrected chi connectivity index (χ4v) is 5.83. The molecule has 0 saturated carbocycles. The van der Waals surface area contributed by atoms with Crippen LogP contribution in [0.15, 0.2) is 52.5 Å². The highest BCUT2D eigenvalue weighted by Gasteiger charge is 2.34. The number of hydrogen-bond acceptors (Lipinski definition) is 6. The molecule has 0 spiro atoms. The second kappa shape index (κ2) is 11.7. The first-order valence-electron chi connectivity index (χ1n) is 12.5. The minimum Gasteiger partial charge on any atom is -0.444 e. The van der Waals surface area contributed by atoms with Crippen LogP contribution in [0.5, 0.6) is 0 Å². The lowest BCUT2D eigenvalue weighted by Gasteiger charge is -2.27. The highest BCUT2D eigenvalue weighted by molar-refractivity contribution is 8.20. The number of carbonyl (C=O) groups is 2. The molecule has 2 amide bonds. The number of thioether (sulfide) groups is 1. The lowest BCUT2D eigenvalue weighted by Crippen LogP contribution is -2.33. The van der Waals surface area contributed by atoms with E-state index in [2.05, 4.69) is 10.1 Å².